The Morgan fingerprint density at radius 3 is 2.25 bits per heavy atom. The van der Waals surface area contributed by atoms with E-state index in [2.05, 4.69) is 19.2 Å². The second kappa shape index (κ2) is 13.3. The molecule has 0 radical (unpaired) electrons. The van der Waals surface area contributed by atoms with Crippen LogP contribution in [0.1, 0.15) is 51.2 Å². The van der Waals surface area contributed by atoms with Crippen molar-refractivity contribution in [3.05, 3.63) is 63.6 Å². The zero-order valence-corrected chi connectivity index (χ0v) is 20.5. The van der Waals surface area contributed by atoms with Crippen LogP contribution in [-0.2, 0) is 22.6 Å². The second-order valence-electron chi connectivity index (χ2n) is 7.58. The molecule has 0 bridgehead atoms. The minimum absolute atomic E-state index is 0.120. The van der Waals surface area contributed by atoms with Crippen LogP contribution in [0, 0.1) is 0 Å². The highest BCUT2D eigenvalue weighted by Crippen LogP contribution is 2.27. The van der Waals surface area contributed by atoms with E-state index in [-0.39, 0.29) is 25.0 Å². The highest BCUT2D eigenvalue weighted by molar-refractivity contribution is 6.36. The molecule has 0 aliphatic carbocycles. The molecule has 2 rings (SSSR count). The van der Waals surface area contributed by atoms with Crippen molar-refractivity contribution in [1.29, 1.82) is 0 Å². The Labute approximate surface area is 201 Å². The number of aryl methyl sites for hydroxylation is 1. The first-order valence-corrected chi connectivity index (χ1v) is 11.9. The van der Waals surface area contributed by atoms with E-state index in [1.54, 1.807) is 18.2 Å². The highest BCUT2D eigenvalue weighted by Gasteiger charge is 2.29. The molecule has 0 fully saturated rings. The number of halogens is 2. The molecule has 0 aliphatic heterocycles. The number of nitrogens with zero attached hydrogens (tertiary/aromatic N) is 1. The van der Waals surface area contributed by atoms with Crippen molar-refractivity contribution in [1.82, 2.24) is 10.2 Å². The Kier molecular flexibility index (Phi) is 10.8. The molecule has 0 aliphatic rings. The molecular formula is C25H32Cl2N2O3. The van der Waals surface area contributed by atoms with Crippen molar-refractivity contribution in [2.45, 2.75) is 59.0 Å². The first-order valence-electron chi connectivity index (χ1n) is 11.1. The molecule has 5 nitrogen and oxygen atoms in total. The van der Waals surface area contributed by atoms with Crippen LogP contribution >= 0.6 is 23.2 Å². The van der Waals surface area contributed by atoms with E-state index in [0.717, 1.165) is 19.3 Å². The third kappa shape index (κ3) is 7.42. The van der Waals surface area contributed by atoms with Gasteiger partial charge in [-0.25, -0.2) is 0 Å². The zero-order valence-electron chi connectivity index (χ0n) is 19.0. The molecule has 2 amide bonds. The van der Waals surface area contributed by atoms with Gasteiger partial charge in [0, 0.05) is 28.7 Å². The fraction of sp³-hybridized carbons (Fsp3) is 0.440. The van der Waals surface area contributed by atoms with Crippen molar-refractivity contribution in [2.75, 3.05) is 13.2 Å². The van der Waals surface area contributed by atoms with Crippen LogP contribution in [0.25, 0.3) is 0 Å². The summed E-state index contributed by atoms with van der Waals surface area (Å²) in [5.74, 6) is 0.106. The molecule has 7 heteroatoms. The van der Waals surface area contributed by atoms with Crippen LogP contribution in [0.15, 0.2) is 42.5 Å². The van der Waals surface area contributed by atoms with Crippen LogP contribution in [0.3, 0.4) is 0 Å². The summed E-state index contributed by atoms with van der Waals surface area (Å²) in [7, 11) is 0. The van der Waals surface area contributed by atoms with E-state index in [9.17, 15) is 9.59 Å². The maximum atomic E-state index is 13.2. The van der Waals surface area contributed by atoms with E-state index in [1.807, 2.05) is 31.2 Å². The summed E-state index contributed by atoms with van der Waals surface area (Å²) in [6.45, 7) is 6.52. The molecule has 0 unspecified atom stereocenters. The monoisotopic (exact) mass is 478 g/mol. The number of hydrogen-bond acceptors (Lipinski definition) is 3. The smallest absolute Gasteiger partial charge is 0.261 e. The second-order valence-corrected chi connectivity index (χ2v) is 8.39. The first kappa shape index (κ1) is 26.0. The van der Waals surface area contributed by atoms with Gasteiger partial charge in [-0.3, -0.25) is 9.59 Å². The van der Waals surface area contributed by atoms with E-state index in [4.69, 9.17) is 27.9 Å². The van der Waals surface area contributed by atoms with E-state index >= 15 is 0 Å². The fourth-order valence-electron chi connectivity index (χ4n) is 3.33. The van der Waals surface area contributed by atoms with Gasteiger partial charge in [-0.1, -0.05) is 68.6 Å². The number of unbranched alkanes of at least 4 members (excludes halogenated alkanes) is 1. The summed E-state index contributed by atoms with van der Waals surface area (Å²) < 4.78 is 5.73. The van der Waals surface area contributed by atoms with Crippen LogP contribution in [-0.4, -0.2) is 35.9 Å². The number of hydrogen-bond donors (Lipinski definition) is 1. The van der Waals surface area contributed by atoms with Crippen molar-refractivity contribution in [2.24, 2.45) is 0 Å². The van der Waals surface area contributed by atoms with Crippen molar-refractivity contribution >= 4 is 35.0 Å². The molecule has 2 aromatic rings. The van der Waals surface area contributed by atoms with E-state index in [0.29, 0.717) is 34.3 Å². The lowest BCUT2D eigenvalue weighted by molar-refractivity contribution is -0.143. The predicted octanol–water partition coefficient (Wildman–Crippen LogP) is 5.66. The topological polar surface area (TPSA) is 58.6 Å². The lowest BCUT2D eigenvalue weighted by Gasteiger charge is -2.31. The first-order chi connectivity index (χ1) is 15.4. The summed E-state index contributed by atoms with van der Waals surface area (Å²) >= 11 is 12.7. The molecule has 0 heterocycles. The van der Waals surface area contributed by atoms with Gasteiger partial charge >= 0.3 is 0 Å². The van der Waals surface area contributed by atoms with Gasteiger partial charge in [0.2, 0.25) is 5.91 Å². The largest absolute Gasteiger partial charge is 0.484 e. The number of nitrogens with one attached hydrogen (secondary N) is 1. The molecular weight excluding hydrogens is 447 g/mol. The molecule has 0 spiro atoms. The van der Waals surface area contributed by atoms with Gasteiger partial charge in [0.15, 0.2) is 6.61 Å². The summed E-state index contributed by atoms with van der Waals surface area (Å²) in [4.78, 5) is 27.6. The van der Waals surface area contributed by atoms with Crippen molar-refractivity contribution < 1.29 is 14.3 Å². The Morgan fingerprint density at radius 1 is 1.03 bits per heavy atom. The minimum Gasteiger partial charge on any atom is -0.484 e. The summed E-state index contributed by atoms with van der Waals surface area (Å²) in [5.41, 5.74) is 1.80. The zero-order chi connectivity index (χ0) is 23.5. The summed E-state index contributed by atoms with van der Waals surface area (Å²) in [5, 5.41) is 3.83. The molecule has 2 aromatic carbocycles. The average molecular weight is 479 g/mol. The molecule has 32 heavy (non-hydrogen) atoms. The molecule has 1 atom stereocenters. The van der Waals surface area contributed by atoms with Crippen molar-refractivity contribution in [3.8, 4) is 5.75 Å². The number of carbonyl (C=O) groups excluding carboxylic acids is 2. The van der Waals surface area contributed by atoms with Gasteiger partial charge < -0.3 is 15.0 Å². The summed E-state index contributed by atoms with van der Waals surface area (Å²) in [6.07, 6.45) is 3.23. The number of carbonyl (C=O) groups is 2. The van der Waals surface area contributed by atoms with Crippen LogP contribution in [0.4, 0.5) is 0 Å². The Morgan fingerprint density at radius 2 is 1.69 bits per heavy atom. The lowest BCUT2D eigenvalue weighted by Crippen LogP contribution is -2.50. The van der Waals surface area contributed by atoms with Crippen molar-refractivity contribution in [3.63, 3.8) is 0 Å². The highest BCUT2D eigenvalue weighted by atomic mass is 35.5. The Balaban J connectivity index is 2.22. The van der Waals surface area contributed by atoms with Gasteiger partial charge in [0.05, 0.1) is 0 Å². The minimum atomic E-state index is -0.655. The fourth-order valence-corrected chi connectivity index (χ4v) is 3.85. The normalized spacial score (nSPS) is 11.7. The van der Waals surface area contributed by atoms with Crippen LogP contribution in [0.2, 0.25) is 10.0 Å². The molecule has 0 aromatic heterocycles. The Bertz CT molecular complexity index is 867. The Hall–Kier alpha value is -2.24. The van der Waals surface area contributed by atoms with Gasteiger partial charge in [0.1, 0.15) is 11.8 Å². The molecule has 174 valence electrons. The maximum absolute atomic E-state index is 13.2. The van der Waals surface area contributed by atoms with Gasteiger partial charge in [-0.2, -0.15) is 0 Å². The predicted molar refractivity (Wildman–Crippen MR) is 130 cm³/mol. The third-order valence-electron chi connectivity index (χ3n) is 5.30. The van der Waals surface area contributed by atoms with Gasteiger partial charge in [-0.05, 0) is 49.1 Å². The van der Waals surface area contributed by atoms with Gasteiger partial charge in [-0.15, -0.1) is 0 Å². The van der Waals surface area contributed by atoms with E-state index < -0.39 is 6.04 Å². The quantitative estimate of drug-likeness (QED) is 0.400. The number of rotatable bonds is 12. The average Bonchev–Trinajstić information content (AvgIpc) is 2.79. The lowest BCUT2D eigenvalue weighted by atomic mass is 10.1. The number of amides is 2. The molecule has 0 saturated heterocycles. The summed E-state index contributed by atoms with van der Waals surface area (Å²) in [6, 6.07) is 12.2. The van der Waals surface area contributed by atoms with Gasteiger partial charge in [0.25, 0.3) is 5.91 Å². The molecule has 0 saturated carbocycles. The van der Waals surface area contributed by atoms with Crippen LogP contribution < -0.4 is 10.1 Å². The van der Waals surface area contributed by atoms with Crippen LogP contribution in [0.5, 0.6) is 5.75 Å². The van der Waals surface area contributed by atoms with E-state index in [1.165, 1.54) is 10.5 Å². The number of benzene rings is 2. The molecule has 1 N–H and O–H groups in total. The third-order valence-corrected chi connectivity index (χ3v) is 6.01. The maximum Gasteiger partial charge on any atom is 0.261 e. The number of ether oxygens (including phenoxy) is 1. The standard InChI is InChI=1S/C25H32Cl2N2O3/c1-4-7-15-28-25(31)23(6-3)29(16-20-21(26)9-8-10-22(20)27)24(30)17-32-19-13-11-18(5-2)12-14-19/h8-14,23H,4-7,15-17H2,1-3H3,(H,28,31)/t23-/m1/s1. The SMILES string of the molecule is CCCCNC(=O)[C@@H](CC)N(Cc1c(Cl)cccc1Cl)C(=O)COc1ccc(CC)cc1.